The third-order valence-electron chi connectivity index (χ3n) is 5.33. The molecule has 25 heavy (non-hydrogen) atoms. The SMILES string of the molecule is Cc1ccc(NC(=O)C[NH+](C)[C@@H](C)C(=O)N2[C@H](C)CCC[C@@H]2C)cc1. The zero-order chi connectivity index (χ0) is 18.6. The molecule has 4 atom stereocenters. The molecule has 2 N–H and O–H groups in total. The monoisotopic (exact) mass is 346 g/mol. The van der Waals surface area contributed by atoms with E-state index in [1.807, 2.05) is 50.1 Å². The molecule has 1 aromatic carbocycles. The summed E-state index contributed by atoms with van der Waals surface area (Å²) in [6.07, 6.45) is 3.31. The first-order valence-corrected chi connectivity index (χ1v) is 9.30. The van der Waals surface area contributed by atoms with Gasteiger partial charge in [-0.3, -0.25) is 9.59 Å². The van der Waals surface area contributed by atoms with Crippen molar-refractivity contribution in [1.82, 2.24) is 4.90 Å². The quantitative estimate of drug-likeness (QED) is 0.851. The van der Waals surface area contributed by atoms with Gasteiger partial charge in [-0.05, 0) is 59.1 Å². The zero-order valence-electron chi connectivity index (χ0n) is 16.1. The van der Waals surface area contributed by atoms with E-state index in [1.54, 1.807) is 0 Å². The second-order valence-electron chi connectivity index (χ2n) is 7.53. The van der Waals surface area contributed by atoms with Crippen molar-refractivity contribution in [3.63, 3.8) is 0 Å². The summed E-state index contributed by atoms with van der Waals surface area (Å²) in [5.74, 6) is 0.0843. The van der Waals surface area contributed by atoms with Crippen LogP contribution in [0.4, 0.5) is 5.69 Å². The predicted octanol–water partition coefficient (Wildman–Crippen LogP) is 1.63. The molecular weight excluding hydrogens is 314 g/mol. The molecule has 2 amide bonds. The van der Waals surface area contributed by atoms with Gasteiger partial charge in [0.1, 0.15) is 0 Å². The Hall–Kier alpha value is -1.88. The molecule has 0 spiro atoms. The number of carbonyl (C=O) groups excluding carboxylic acids is 2. The summed E-state index contributed by atoms with van der Waals surface area (Å²) in [4.78, 5) is 28.1. The first-order valence-electron chi connectivity index (χ1n) is 9.30. The standard InChI is InChI=1S/C20H31N3O2/c1-14-9-11-18(12-10-14)21-19(24)13-22(5)17(4)20(25)23-15(2)7-6-8-16(23)3/h9-12,15-17H,6-8,13H2,1-5H3,(H,21,24)/p+1/t15-,16+,17-/m0/s1. The molecule has 2 rings (SSSR count). The van der Waals surface area contributed by atoms with E-state index in [1.165, 1.54) is 6.42 Å². The van der Waals surface area contributed by atoms with Gasteiger partial charge in [0.15, 0.2) is 12.6 Å². The lowest BCUT2D eigenvalue weighted by molar-refractivity contribution is -0.886. The average molecular weight is 346 g/mol. The van der Waals surface area contributed by atoms with Crippen molar-refractivity contribution < 1.29 is 14.5 Å². The molecule has 1 unspecified atom stereocenters. The first-order chi connectivity index (χ1) is 11.8. The highest BCUT2D eigenvalue weighted by Gasteiger charge is 2.35. The molecule has 1 heterocycles. The summed E-state index contributed by atoms with van der Waals surface area (Å²) in [6.45, 7) is 8.46. The van der Waals surface area contributed by atoms with Gasteiger partial charge in [-0.25, -0.2) is 0 Å². The molecule has 0 radical (unpaired) electrons. The molecule has 138 valence electrons. The van der Waals surface area contributed by atoms with E-state index in [4.69, 9.17) is 0 Å². The number of likely N-dealkylation sites (tertiary alicyclic amines) is 1. The van der Waals surface area contributed by atoms with E-state index in [9.17, 15) is 9.59 Å². The van der Waals surface area contributed by atoms with Crippen molar-refractivity contribution in [2.24, 2.45) is 0 Å². The zero-order valence-corrected chi connectivity index (χ0v) is 16.1. The van der Waals surface area contributed by atoms with Crippen LogP contribution in [0.5, 0.6) is 0 Å². The lowest BCUT2D eigenvalue weighted by Gasteiger charge is -2.40. The number of quaternary nitrogens is 1. The molecule has 5 heteroatoms. The van der Waals surface area contributed by atoms with Gasteiger partial charge in [-0.15, -0.1) is 0 Å². The largest absolute Gasteiger partial charge is 0.332 e. The summed E-state index contributed by atoms with van der Waals surface area (Å²) in [5.41, 5.74) is 1.95. The summed E-state index contributed by atoms with van der Waals surface area (Å²) >= 11 is 0. The third-order valence-corrected chi connectivity index (χ3v) is 5.33. The highest BCUT2D eigenvalue weighted by atomic mass is 16.2. The number of rotatable bonds is 5. The van der Waals surface area contributed by atoms with Crippen LogP contribution in [0.3, 0.4) is 0 Å². The number of piperidine rings is 1. The average Bonchev–Trinajstić information content (AvgIpc) is 2.55. The van der Waals surface area contributed by atoms with Crippen LogP contribution in [0, 0.1) is 6.92 Å². The van der Waals surface area contributed by atoms with Gasteiger partial charge in [0.25, 0.3) is 11.8 Å². The van der Waals surface area contributed by atoms with Crippen molar-refractivity contribution >= 4 is 17.5 Å². The molecule has 0 saturated carbocycles. The Labute approximate surface area is 151 Å². The number of nitrogens with zero attached hydrogens (tertiary/aromatic N) is 1. The Morgan fingerprint density at radius 3 is 2.32 bits per heavy atom. The number of hydrogen-bond donors (Lipinski definition) is 2. The Morgan fingerprint density at radius 1 is 1.20 bits per heavy atom. The summed E-state index contributed by atoms with van der Waals surface area (Å²) in [6, 6.07) is 8.07. The number of anilines is 1. The summed E-state index contributed by atoms with van der Waals surface area (Å²) in [5, 5.41) is 2.91. The normalized spacial score (nSPS) is 23.0. The maximum atomic E-state index is 12.9. The van der Waals surface area contributed by atoms with Crippen LogP contribution in [0.15, 0.2) is 24.3 Å². The van der Waals surface area contributed by atoms with Crippen molar-refractivity contribution in [2.45, 2.75) is 65.1 Å². The minimum absolute atomic E-state index is 0.0688. The number of amides is 2. The minimum atomic E-state index is -0.230. The van der Waals surface area contributed by atoms with Crippen LogP contribution in [0.2, 0.25) is 0 Å². The van der Waals surface area contributed by atoms with E-state index >= 15 is 0 Å². The fourth-order valence-corrected chi connectivity index (χ4v) is 3.54. The van der Waals surface area contributed by atoms with Crippen LogP contribution >= 0.6 is 0 Å². The molecule has 1 aromatic rings. The van der Waals surface area contributed by atoms with Gasteiger partial charge in [0, 0.05) is 17.8 Å². The van der Waals surface area contributed by atoms with Crippen LogP contribution in [-0.2, 0) is 9.59 Å². The van der Waals surface area contributed by atoms with Gasteiger partial charge >= 0.3 is 0 Å². The second kappa shape index (κ2) is 8.48. The van der Waals surface area contributed by atoms with E-state index in [0.717, 1.165) is 29.0 Å². The predicted molar refractivity (Wildman–Crippen MR) is 101 cm³/mol. The molecule has 0 aliphatic carbocycles. The van der Waals surface area contributed by atoms with Gasteiger partial charge in [0.2, 0.25) is 0 Å². The lowest BCUT2D eigenvalue weighted by Crippen LogP contribution is -3.15. The highest BCUT2D eigenvalue weighted by Crippen LogP contribution is 2.22. The van der Waals surface area contributed by atoms with Crippen LogP contribution in [0.1, 0.15) is 45.6 Å². The molecule has 1 fully saturated rings. The molecule has 1 aliphatic heterocycles. The number of carbonyl (C=O) groups is 2. The minimum Gasteiger partial charge on any atom is -0.332 e. The van der Waals surface area contributed by atoms with Crippen LogP contribution in [0.25, 0.3) is 0 Å². The maximum Gasteiger partial charge on any atom is 0.281 e. The van der Waals surface area contributed by atoms with E-state index in [2.05, 4.69) is 19.2 Å². The van der Waals surface area contributed by atoms with Crippen molar-refractivity contribution in [3.8, 4) is 0 Å². The Morgan fingerprint density at radius 2 is 1.76 bits per heavy atom. The van der Waals surface area contributed by atoms with Gasteiger partial charge in [-0.2, -0.15) is 0 Å². The number of aryl methyl sites for hydroxylation is 1. The third kappa shape index (κ3) is 5.05. The fourth-order valence-electron chi connectivity index (χ4n) is 3.54. The summed E-state index contributed by atoms with van der Waals surface area (Å²) in [7, 11) is 1.91. The van der Waals surface area contributed by atoms with Crippen LogP contribution in [-0.4, -0.2) is 48.4 Å². The van der Waals surface area contributed by atoms with Crippen molar-refractivity contribution in [3.05, 3.63) is 29.8 Å². The maximum absolute atomic E-state index is 12.9. The number of hydrogen-bond acceptors (Lipinski definition) is 2. The van der Waals surface area contributed by atoms with Gasteiger partial charge < -0.3 is 15.1 Å². The summed E-state index contributed by atoms with van der Waals surface area (Å²) < 4.78 is 0. The molecule has 1 saturated heterocycles. The van der Waals surface area contributed by atoms with E-state index < -0.39 is 0 Å². The number of nitrogens with one attached hydrogen (secondary N) is 2. The Balaban J connectivity index is 1.92. The van der Waals surface area contributed by atoms with Crippen LogP contribution < -0.4 is 10.2 Å². The molecule has 0 aromatic heterocycles. The van der Waals surface area contributed by atoms with Crippen molar-refractivity contribution in [2.75, 3.05) is 18.9 Å². The van der Waals surface area contributed by atoms with Gasteiger partial charge in [-0.1, -0.05) is 17.7 Å². The van der Waals surface area contributed by atoms with Gasteiger partial charge in [0.05, 0.1) is 7.05 Å². The van der Waals surface area contributed by atoms with Crippen molar-refractivity contribution in [1.29, 1.82) is 0 Å². The lowest BCUT2D eigenvalue weighted by atomic mass is 9.96. The highest BCUT2D eigenvalue weighted by molar-refractivity contribution is 5.91. The molecule has 1 aliphatic rings. The number of likely N-dealkylation sites (N-methyl/N-ethyl adjacent to an activating group) is 1. The fraction of sp³-hybridized carbons (Fsp3) is 0.600. The smallest absolute Gasteiger partial charge is 0.281 e. The number of benzene rings is 1. The van der Waals surface area contributed by atoms with E-state index in [0.29, 0.717) is 0 Å². The molecular formula is C20H32N3O2+. The Bertz CT molecular complexity index is 589. The molecule has 5 nitrogen and oxygen atoms in total. The first kappa shape index (κ1) is 19.4. The topological polar surface area (TPSA) is 53.9 Å². The Kier molecular flexibility index (Phi) is 6.59. The second-order valence-corrected chi connectivity index (χ2v) is 7.53. The van der Waals surface area contributed by atoms with E-state index in [-0.39, 0.29) is 36.5 Å². The molecule has 0 bridgehead atoms.